The molecule has 1 saturated carbocycles. The Balaban J connectivity index is 2.06. The standard InChI is InChI=1S/C11H18F5NO/c12-10(13)7-18-6-5-17-9-3-1-8(2-4-9)11(14,15)16/h8-10,17H,1-7H2. The Kier molecular flexibility index (Phi) is 6.28. The Hall–Kier alpha value is -0.430. The molecule has 1 aliphatic rings. The smallest absolute Gasteiger partial charge is 0.374 e. The van der Waals surface area contributed by atoms with E-state index in [1.165, 1.54) is 0 Å². The van der Waals surface area contributed by atoms with Crippen LogP contribution in [0.4, 0.5) is 22.0 Å². The van der Waals surface area contributed by atoms with Gasteiger partial charge in [0.2, 0.25) is 0 Å². The fraction of sp³-hybridized carbons (Fsp3) is 1.00. The first-order valence-electron chi connectivity index (χ1n) is 6.05. The van der Waals surface area contributed by atoms with E-state index in [2.05, 4.69) is 10.1 Å². The van der Waals surface area contributed by atoms with Gasteiger partial charge in [0.15, 0.2) is 0 Å². The minimum absolute atomic E-state index is 0.0405. The van der Waals surface area contributed by atoms with Gasteiger partial charge in [0.25, 0.3) is 6.43 Å². The third-order valence-corrected chi connectivity index (χ3v) is 3.11. The second kappa shape index (κ2) is 7.23. The zero-order chi connectivity index (χ0) is 13.6. The highest BCUT2D eigenvalue weighted by Gasteiger charge is 2.41. The van der Waals surface area contributed by atoms with Gasteiger partial charge in [-0.2, -0.15) is 13.2 Å². The van der Waals surface area contributed by atoms with Crippen LogP contribution in [-0.2, 0) is 4.74 Å². The van der Waals surface area contributed by atoms with Gasteiger partial charge in [-0.3, -0.25) is 0 Å². The van der Waals surface area contributed by atoms with E-state index in [9.17, 15) is 22.0 Å². The van der Waals surface area contributed by atoms with Crippen LogP contribution in [0, 0.1) is 5.92 Å². The molecule has 108 valence electrons. The summed E-state index contributed by atoms with van der Waals surface area (Å²) in [5.74, 6) is -1.19. The van der Waals surface area contributed by atoms with Gasteiger partial charge in [-0.15, -0.1) is 0 Å². The first-order chi connectivity index (χ1) is 8.39. The van der Waals surface area contributed by atoms with Crippen LogP contribution in [0.25, 0.3) is 0 Å². The number of hydrogen-bond donors (Lipinski definition) is 1. The number of nitrogens with one attached hydrogen (secondary N) is 1. The molecule has 0 unspecified atom stereocenters. The highest BCUT2D eigenvalue weighted by molar-refractivity contribution is 4.80. The predicted octanol–water partition coefficient (Wildman–Crippen LogP) is 2.98. The molecule has 1 aliphatic carbocycles. The van der Waals surface area contributed by atoms with Crippen LogP contribution >= 0.6 is 0 Å². The van der Waals surface area contributed by atoms with E-state index in [4.69, 9.17) is 0 Å². The summed E-state index contributed by atoms with van der Waals surface area (Å²) in [6, 6.07) is 0.0405. The molecule has 0 amide bonds. The molecule has 1 N–H and O–H groups in total. The zero-order valence-corrected chi connectivity index (χ0v) is 9.98. The van der Waals surface area contributed by atoms with Crippen molar-refractivity contribution in [1.82, 2.24) is 5.32 Å². The Morgan fingerprint density at radius 3 is 2.22 bits per heavy atom. The summed E-state index contributed by atoms with van der Waals surface area (Å²) >= 11 is 0. The van der Waals surface area contributed by atoms with Gasteiger partial charge >= 0.3 is 6.18 Å². The molecule has 0 aliphatic heterocycles. The molecule has 0 aromatic heterocycles. The molecule has 7 heteroatoms. The fourth-order valence-corrected chi connectivity index (χ4v) is 2.13. The Morgan fingerprint density at radius 2 is 1.72 bits per heavy atom. The van der Waals surface area contributed by atoms with Crippen LogP contribution in [0.1, 0.15) is 25.7 Å². The molecule has 2 nitrogen and oxygen atoms in total. The van der Waals surface area contributed by atoms with Gasteiger partial charge in [0.1, 0.15) is 6.61 Å². The van der Waals surface area contributed by atoms with E-state index < -0.39 is 25.1 Å². The summed E-state index contributed by atoms with van der Waals surface area (Å²) in [4.78, 5) is 0. The van der Waals surface area contributed by atoms with Crippen molar-refractivity contribution < 1.29 is 26.7 Å². The quantitative estimate of drug-likeness (QED) is 0.594. The SMILES string of the molecule is FC(F)COCCNC1CCC(C(F)(F)F)CC1. The molecule has 0 atom stereocenters. The maximum Gasteiger partial charge on any atom is 0.391 e. The van der Waals surface area contributed by atoms with Gasteiger partial charge in [-0.25, -0.2) is 8.78 Å². The topological polar surface area (TPSA) is 21.3 Å². The molecule has 1 rings (SSSR count). The van der Waals surface area contributed by atoms with Crippen LogP contribution in [0.5, 0.6) is 0 Å². The molecular formula is C11H18F5NO. The molecule has 0 aromatic rings. The Labute approximate surface area is 103 Å². The van der Waals surface area contributed by atoms with Gasteiger partial charge < -0.3 is 10.1 Å². The maximum absolute atomic E-state index is 12.4. The van der Waals surface area contributed by atoms with Crippen molar-refractivity contribution in [2.75, 3.05) is 19.8 Å². The van der Waals surface area contributed by atoms with Crippen molar-refractivity contribution >= 4 is 0 Å². The van der Waals surface area contributed by atoms with Crippen LogP contribution in [0.15, 0.2) is 0 Å². The molecule has 1 fully saturated rings. The Bertz CT molecular complexity index is 226. The van der Waals surface area contributed by atoms with Gasteiger partial charge in [0, 0.05) is 12.6 Å². The Morgan fingerprint density at radius 1 is 1.11 bits per heavy atom. The van der Waals surface area contributed by atoms with Crippen LogP contribution in [0.2, 0.25) is 0 Å². The summed E-state index contributed by atoms with van der Waals surface area (Å²) in [5.41, 5.74) is 0. The molecule has 0 heterocycles. The average Bonchev–Trinajstić information content (AvgIpc) is 2.27. The third kappa shape index (κ3) is 5.95. The number of ether oxygens (including phenoxy) is 1. The molecule has 0 radical (unpaired) electrons. The first-order valence-corrected chi connectivity index (χ1v) is 6.05. The van der Waals surface area contributed by atoms with Crippen molar-refractivity contribution in [1.29, 1.82) is 0 Å². The lowest BCUT2D eigenvalue weighted by molar-refractivity contribution is -0.182. The van der Waals surface area contributed by atoms with E-state index in [-0.39, 0.29) is 25.5 Å². The van der Waals surface area contributed by atoms with Crippen LogP contribution in [0.3, 0.4) is 0 Å². The van der Waals surface area contributed by atoms with Crippen molar-refractivity contribution in [2.45, 2.75) is 44.3 Å². The number of rotatable bonds is 6. The minimum atomic E-state index is -4.09. The highest BCUT2D eigenvalue weighted by atomic mass is 19.4. The second-order valence-electron chi connectivity index (χ2n) is 4.51. The maximum atomic E-state index is 12.4. The zero-order valence-electron chi connectivity index (χ0n) is 9.98. The average molecular weight is 275 g/mol. The van der Waals surface area contributed by atoms with E-state index in [1.54, 1.807) is 0 Å². The monoisotopic (exact) mass is 275 g/mol. The summed E-state index contributed by atoms with van der Waals surface area (Å²) in [5, 5.41) is 3.03. The molecule has 0 saturated heterocycles. The van der Waals surface area contributed by atoms with Crippen molar-refractivity contribution in [3.05, 3.63) is 0 Å². The summed E-state index contributed by atoms with van der Waals surface area (Å²) < 4.78 is 65.3. The van der Waals surface area contributed by atoms with Crippen LogP contribution < -0.4 is 5.32 Å². The molecule has 0 spiro atoms. The fourth-order valence-electron chi connectivity index (χ4n) is 2.13. The lowest BCUT2D eigenvalue weighted by Gasteiger charge is -2.30. The van der Waals surface area contributed by atoms with Crippen molar-refractivity contribution in [3.8, 4) is 0 Å². The first kappa shape index (κ1) is 15.6. The molecule has 0 aromatic carbocycles. The van der Waals surface area contributed by atoms with Gasteiger partial charge in [0.05, 0.1) is 12.5 Å². The molecule has 0 bridgehead atoms. The van der Waals surface area contributed by atoms with E-state index in [1.807, 2.05) is 0 Å². The predicted molar refractivity (Wildman–Crippen MR) is 56.6 cm³/mol. The number of alkyl halides is 5. The normalized spacial score (nSPS) is 25.7. The third-order valence-electron chi connectivity index (χ3n) is 3.11. The van der Waals surface area contributed by atoms with E-state index in [0.29, 0.717) is 19.4 Å². The van der Waals surface area contributed by atoms with E-state index >= 15 is 0 Å². The highest BCUT2D eigenvalue weighted by Crippen LogP contribution is 2.37. The summed E-state index contributed by atoms with van der Waals surface area (Å²) in [7, 11) is 0. The lowest BCUT2D eigenvalue weighted by atomic mass is 9.85. The lowest BCUT2D eigenvalue weighted by Crippen LogP contribution is -2.38. The summed E-state index contributed by atoms with van der Waals surface area (Å²) in [6.45, 7) is -0.0416. The van der Waals surface area contributed by atoms with Crippen LogP contribution in [-0.4, -0.2) is 38.4 Å². The molecular weight excluding hydrogens is 257 g/mol. The van der Waals surface area contributed by atoms with E-state index in [0.717, 1.165) is 0 Å². The second-order valence-corrected chi connectivity index (χ2v) is 4.51. The van der Waals surface area contributed by atoms with Gasteiger partial charge in [-0.1, -0.05) is 0 Å². The number of halogens is 5. The van der Waals surface area contributed by atoms with Crippen molar-refractivity contribution in [3.63, 3.8) is 0 Å². The molecule has 18 heavy (non-hydrogen) atoms. The summed E-state index contributed by atoms with van der Waals surface area (Å²) in [6.07, 6.45) is -5.35. The minimum Gasteiger partial charge on any atom is -0.374 e. The number of hydrogen-bond acceptors (Lipinski definition) is 2. The van der Waals surface area contributed by atoms with Gasteiger partial charge in [-0.05, 0) is 25.7 Å². The largest absolute Gasteiger partial charge is 0.391 e. The van der Waals surface area contributed by atoms with Crippen molar-refractivity contribution in [2.24, 2.45) is 5.92 Å².